The van der Waals surface area contributed by atoms with E-state index >= 15 is 0 Å². The molecule has 0 nitrogen and oxygen atoms in total. The summed E-state index contributed by atoms with van der Waals surface area (Å²) < 4.78 is 0. The summed E-state index contributed by atoms with van der Waals surface area (Å²) in [5.41, 5.74) is 2.91. The Bertz CT molecular complexity index is 369. The molecule has 2 atom stereocenters. The van der Waals surface area contributed by atoms with Gasteiger partial charge in [-0.15, -0.1) is 12.6 Å². The van der Waals surface area contributed by atoms with Crippen LogP contribution in [0.2, 0.25) is 0 Å². The van der Waals surface area contributed by atoms with Gasteiger partial charge >= 0.3 is 0 Å². The van der Waals surface area contributed by atoms with Crippen molar-refractivity contribution in [3.05, 3.63) is 46.4 Å². The van der Waals surface area contributed by atoms with E-state index in [1.807, 2.05) is 0 Å². The van der Waals surface area contributed by atoms with Crippen molar-refractivity contribution in [1.29, 1.82) is 0 Å². The number of hydrogen-bond donors (Lipinski definition) is 1. The van der Waals surface area contributed by atoms with Crippen molar-refractivity contribution in [2.75, 3.05) is 0 Å². The minimum atomic E-state index is 0.526. The van der Waals surface area contributed by atoms with E-state index in [9.17, 15) is 0 Å². The molecule has 0 radical (unpaired) electrons. The molecule has 0 aromatic heterocycles. The maximum absolute atomic E-state index is 4.62. The van der Waals surface area contributed by atoms with Crippen molar-refractivity contribution in [3.8, 4) is 0 Å². The first-order valence-corrected chi connectivity index (χ1v) is 6.07. The summed E-state index contributed by atoms with van der Waals surface area (Å²) in [7, 11) is 0. The molecule has 2 aliphatic carbocycles. The minimum Gasteiger partial charge on any atom is -0.148 e. The Morgan fingerprint density at radius 2 is 1.93 bits per heavy atom. The first-order chi connectivity index (χ1) is 7.18. The molecule has 2 unspecified atom stereocenters. The molecular formula is C14H18S. The van der Waals surface area contributed by atoms with Crippen molar-refractivity contribution in [3.63, 3.8) is 0 Å². The largest absolute Gasteiger partial charge is 0.148 e. The highest BCUT2D eigenvalue weighted by Gasteiger charge is 2.21. The molecule has 15 heavy (non-hydrogen) atoms. The van der Waals surface area contributed by atoms with Crippen LogP contribution in [0.4, 0.5) is 0 Å². The van der Waals surface area contributed by atoms with Gasteiger partial charge in [0.1, 0.15) is 0 Å². The van der Waals surface area contributed by atoms with E-state index < -0.39 is 0 Å². The molecule has 1 heteroatoms. The van der Waals surface area contributed by atoms with E-state index in [-0.39, 0.29) is 0 Å². The van der Waals surface area contributed by atoms with Crippen LogP contribution in [0.25, 0.3) is 0 Å². The second kappa shape index (κ2) is 4.44. The predicted molar refractivity (Wildman–Crippen MR) is 69.9 cm³/mol. The fourth-order valence-corrected chi connectivity index (χ4v) is 2.60. The fraction of sp³-hybridized carbons (Fsp3) is 0.429. The van der Waals surface area contributed by atoms with Crippen molar-refractivity contribution in [1.82, 2.24) is 0 Å². The number of thiol groups is 1. The highest BCUT2D eigenvalue weighted by atomic mass is 32.1. The molecular weight excluding hydrogens is 200 g/mol. The smallest absolute Gasteiger partial charge is 0.00891 e. The van der Waals surface area contributed by atoms with Crippen LogP contribution >= 0.6 is 12.6 Å². The summed E-state index contributed by atoms with van der Waals surface area (Å²) in [6.07, 6.45) is 13.5. The van der Waals surface area contributed by atoms with E-state index in [1.54, 1.807) is 0 Å². The average molecular weight is 218 g/mol. The molecule has 0 spiro atoms. The summed E-state index contributed by atoms with van der Waals surface area (Å²) >= 11 is 4.62. The quantitative estimate of drug-likeness (QED) is 0.624. The van der Waals surface area contributed by atoms with Gasteiger partial charge in [-0.05, 0) is 36.2 Å². The number of rotatable bonds is 1. The summed E-state index contributed by atoms with van der Waals surface area (Å²) in [6, 6.07) is 0. The molecule has 0 saturated heterocycles. The highest BCUT2D eigenvalue weighted by molar-refractivity contribution is 7.84. The maximum atomic E-state index is 4.62. The summed E-state index contributed by atoms with van der Waals surface area (Å²) in [5.74, 6) is 1.12. The van der Waals surface area contributed by atoms with Crippen LogP contribution in [0.5, 0.6) is 0 Å². The molecule has 0 fully saturated rings. The van der Waals surface area contributed by atoms with Crippen LogP contribution < -0.4 is 0 Å². The van der Waals surface area contributed by atoms with Gasteiger partial charge in [-0.25, -0.2) is 0 Å². The first-order valence-electron chi connectivity index (χ1n) is 5.62. The van der Waals surface area contributed by atoms with E-state index in [0.717, 1.165) is 6.42 Å². The molecule has 80 valence electrons. The van der Waals surface area contributed by atoms with Gasteiger partial charge in [0.2, 0.25) is 0 Å². The Balaban J connectivity index is 2.30. The van der Waals surface area contributed by atoms with Crippen LogP contribution in [0.15, 0.2) is 46.4 Å². The van der Waals surface area contributed by atoms with Gasteiger partial charge in [-0.3, -0.25) is 0 Å². The zero-order chi connectivity index (χ0) is 10.8. The maximum Gasteiger partial charge on any atom is 0.00891 e. The average Bonchev–Trinajstić information content (AvgIpc) is 2.23. The van der Waals surface area contributed by atoms with Gasteiger partial charge in [0.15, 0.2) is 0 Å². The van der Waals surface area contributed by atoms with Gasteiger partial charge in [0, 0.05) is 5.92 Å². The lowest BCUT2D eigenvalue weighted by atomic mass is 9.81. The molecule has 0 bridgehead atoms. The summed E-state index contributed by atoms with van der Waals surface area (Å²) in [6.45, 7) is 4.49. The number of hydrogen-bond acceptors (Lipinski definition) is 1. The Labute approximate surface area is 97.9 Å². The van der Waals surface area contributed by atoms with Gasteiger partial charge in [-0.2, -0.15) is 0 Å². The fourth-order valence-electron chi connectivity index (χ4n) is 2.27. The van der Waals surface area contributed by atoms with Crippen LogP contribution in [0.3, 0.4) is 0 Å². The van der Waals surface area contributed by atoms with Crippen molar-refractivity contribution >= 4 is 12.6 Å². The molecule has 0 amide bonds. The molecule has 2 rings (SSSR count). The Kier molecular flexibility index (Phi) is 3.20. The van der Waals surface area contributed by atoms with Crippen LogP contribution in [0.1, 0.15) is 26.7 Å². The lowest BCUT2D eigenvalue weighted by molar-refractivity contribution is 0.579. The molecule has 0 aromatic rings. The zero-order valence-electron chi connectivity index (χ0n) is 9.40. The summed E-state index contributed by atoms with van der Waals surface area (Å²) in [4.78, 5) is 1.28. The van der Waals surface area contributed by atoms with E-state index in [1.165, 1.54) is 22.5 Å². The Morgan fingerprint density at radius 3 is 2.67 bits per heavy atom. The second-order valence-electron chi connectivity index (χ2n) is 4.55. The molecule has 2 aliphatic rings. The van der Waals surface area contributed by atoms with Gasteiger partial charge < -0.3 is 0 Å². The monoisotopic (exact) mass is 218 g/mol. The predicted octanol–water partition coefficient (Wildman–Crippen LogP) is 4.29. The van der Waals surface area contributed by atoms with Crippen molar-refractivity contribution in [2.24, 2.45) is 11.8 Å². The minimum absolute atomic E-state index is 0.526. The van der Waals surface area contributed by atoms with E-state index in [4.69, 9.17) is 0 Å². The lowest BCUT2D eigenvalue weighted by Crippen LogP contribution is -2.13. The van der Waals surface area contributed by atoms with Crippen LogP contribution in [-0.4, -0.2) is 0 Å². The molecule has 0 heterocycles. The van der Waals surface area contributed by atoms with Gasteiger partial charge in [0.05, 0.1) is 0 Å². The Morgan fingerprint density at radius 1 is 1.20 bits per heavy atom. The molecule has 0 aliphatic heterocycles. The van der Waals surface area contributed by atoms with E-state index in [2.05, 4.69) is 56.9 Å². The van der Waals surface area contributed by atoms with Gasteiger partial charge in [-0.1, -0.05) is 42.9 Å². The third-order valence-electron chi connectivity index (χ3n) is 3.26. The van der Waals surface area contributed by atoms with Gasteiger partial charge in [0.25, 0.3) is 0 Å². The summed E-state index contributed by atoms with van der Waals surface area (Å²) in [5, 5.41) is 0. The molecule has 0 saturated carbocycles. The zero-order valence-corrected chi connectivity index (χ0v) is 10.3. The molecule has 0 N–H and O–H groups in total. The lowest BCUT2D eigenvalue weighted by Gasteiger charge is -2.26. The van der Waals surface area contributed by atoms with Crippen LogP contribution in [-0.2, 0) is 0 Å². The van der Waals surface area contributed by atoms with Crippen LogP contribution in [0, 0.1) is 11.8 Å². The second-order valence-corrected chi connectivity index (χ2v) is 5.09. The highest BCUT2D eigenvalue weighted by Crippen LogP contribution is 2.36. The SMILES string of the molecule is CC1=CC(C2C=CC=CC2C)=C(S)CC1. The standard InChI is InChI=1S/C14H18S/c1-10-7-8-14(15)13(9-10)12-6-4-3-5-11(12)2/h3-6,9,11-12,15H,7-8H2,1-2H3. The first kappa shape index (κ1) is 10.8. The third-order valence-corrected chi connectivity index (χ3v) is 3.74. The number of allylic oxidation sites excluding steroid dienone is 8. The van der Waals surface area contributed by atoms with Crippen molar-refractivity contribution in [2.45, 2.75) is 26.7 Å². The normalized spacial score (nSPS) is 30.7. The topological polar surface area (TPSA) is 0 Å². The third kappa shape index (κ3) is 2.28. The molecule has 0 aromatic carbocycles. The Hall–Kier alpha value is -0.690. The van der Waals surface area contributed by atoms with E-state index in [0.29, 0.717) is 11.8 Å². The van der Waals surface area contributed by atoms with Crippen molar-refractivity contribution < 1.29 is 0 Å².